The standard InChI is InChI=1S/C30H25BrN2O4S/c31-25-14-12-23(13-15-25)28(34)32-26(17-21-10-11-22-8-4-5-9-24(22)16-21)29(35)33-27(30(36)37)19-38-18-20-6-2-1-3-7-20/h1-17,27H,18-19H2,(H,32,34)(H,33,35)(H,36,37). The summed E-state index contributed by atoms with van der Waals surface area (Å²) in [5, 5.41) is 17.0. The lowest BCUT2D eigenvalue weighted by atomic mass is 10.1. The lowest BCUT2D eigenvalue weighted by Crippen LogP contribution is -2.45. The van der Waals surface area contributed by atoms with Crippen molar-refractivity contribution in [1.82, 2.24) is 10.6 Å². The molecule has 0 aromatic heterocycles. The van der Waals surface area contributed by atoms with Crippen LogP contribution in [-0.2, 0) is 15.3 Å². The number of carboxylic acids is 1. The average Bonchev–Trinajstić information content (AvgIpc) is 2.92. The molecule has 6 nitrogen and oxygen atoms in total. The molecule has 2 amide bonds. The first-order chi connectivity index (χ1) is 18.4. The van der Waals surface area contributed by atoms with E-state index in [1.165, 1.54) is 11.8 Å². The van der Waals surface area contributed by atoms with E-state index in [1.54, 1.807) is 30.3 Å². The number of hydrogen-bond acceptors (Lipinski definition) is 4. The molecule has 38 heavy (non-hydrogen) atoms. The summed E-state index contributed by atoms with van der Waals surface area (Å²) in [6.45, 7) is 0. The van der Waals surface area contributed by atoms with Crippen LogP contribution in [0.2, 0.25) is 0 Å². The normalized spacial score (nSPS) is 12.1. The Morgan fingerprint density at radius 3 is 2.26 bits per heavy atom. The molecule has 0 aliphatic rings. The minimum absolute atomic E-state index is 0.0486. The van der Waals surface area contributed by atoms with Crippen molar-refractivity contribution in [2.24, 2.45) is 0 Å². The Morgan fingerprint density at radius 1 is 0.868 bits per heavy atom. The number of nitrogens with one attached hydrogen (secondary N) is 2. The van der Waals surface area contributed by atoms with Crippen LogP contribution in [0.25, 0.3) is 16.8 Å². The topological polar surface area (TPSA) is 95.5 Å². The molecule has 0 bridgehead atoms. The minimum Gasteiger partial charge on any atom is -0.480 e. The molecule has 1 atom stereocenters. The van der Waals surface area contributed by atoms with Crippen molar-refractivity contribution in [2.45, 2.75) is 11.8 Å². The Hall–Kier alpha value is -3.88. The van der Waals surface area contributed by atoms with Crippen molar-refractivity contribution >= 4 is 62.3 Å². The molecule has 4 aromatic rings. The minimum atomic E-state index is -1.15. The summed E-state index contributed by atoms with van der Waals surface area (Å²) < 4.78 is 0.816. The molecule has 4 rings (SSSR count). The van der Waals surface area contributed by atoms with Crippen LogP contribution in [0.4, 0.5) is 0 Å². The predicted molar refractivity (Wildman–Crippen MR) is 156 cm³/mol. The monoisotopic (exact) mass is 588 g/mol. The lowest BCUT2D eigenvalue weighted by Gasteiger charge is -2.17. The highest BCUT2D eigenvalue weighted by Gasteiger charge is 2.23. The van der Waals surface area contributed by atoms with Gasteiger partial charge in [0.1, 0.15) is 11.7 Å². The van der Waals surface area contributed by atoms with Crippen molar-refractivity contribution in [3.05, 3.63) is 124 Å². The molecule has 0 radical (unpaired) electrons. The zero-order valence-corrected chi connectivity index (χ0v) is 22.7. The summed E-state index contributed by atoms with van der Waals surface area (Å²) in [6, 6.07) is 28.7. The average molecular weight is 590 g/mol. The van der Waals surface area contributed by atoms with Gasteiger partial charge in [0.2, 0.25) is 0 Å². The van der Waals surface area contributed by atoms with Gasteiger partial charge in [-0.25, -0.2) is 4.79 Å². The predicted octanol–water partition coefficient (Wildman–Crippen LogP) is 5.88. The van der Waals surface area contributed by atoms with E-state index in [0.29, 0.717) is 16.9 Å². The van der Waals surface area contributed by atoms with Gasteiger partial charge in [0.05, 0.1) is 0 Å². The van der Waals surface area contributed by atoms with Crippen LogP contribution in [0.5, 0.6) is 0 Å². The van der Waals surface area contributed by atoms with Crippen molar-refractivity contribution < 1.29 is 19.5 Å². The third-order valence-corrected chi connectivity index (χ3v) is 7.32. The van der Waals surface area contributed by atoms with Crippen LogP contribution in [0.1, 0.15) is 21.5 Å². The molecule has 3 N–H and O–H groups in total. The number of carbonyl (C=O) groups is 3. The van der Waals surface area contributed by atoms with Gasteiger partial charge in [-0.3, -0.25) is 9.59 Å². The highest BCUT2D eigenvalue weighted by atomic mass is 79.9. The zero-order chi connectivity index (χ0) is 26.9. The number of fused-ring (bicyclic) bond motifs is 1. The quantitative estimate of drug-likeness (QED) is 0.201. The van der Waals surface area contributed by atoms with Gasteiger partial charge in [0.25, 0.3) is 11.8 Å². The Labute approximate surface area is 233 Å². The maximum absolute atomic E-state index is 13.3. The number of carboxylic acid groups (broad SMARTS) is 1. The largest absolute Gasteiger partial charge is 0.480 e. The molecule has 192 valence electrons. The highest BCUT2D eigenvalue weighted by molar-refractivity contribution is 9.10. The number of rotatable bonds is 10. The number of hydrogen-bond donors (Lipinski definition) is 3. The maximum Gasteiger partial charge on any atom is 0.327 e. The van der Waals surface area contributed by atoms with Crippen LogP contribution in [0, 0.1) is 0 Å². The van der Waals surface area contributed by atoms with E-state index >= 15 is 0 Å². The van der Waals surface area contributed by atoms with Crippen molar-refractivity contribution in [3.63, 3.8) is 0 Å². The zero-order valence-electron chi connectivity index (χ0n) is 20.3. The number of amides is 2. The first kappa shape index (κ1) is 27.2. The fourth-order valence-corrected chi connectivity index (χ4v) is 4.97. The number of halogens is 1. The van der Waals surface area contributed by atoms with Crippen LogP contribution in [-0.4, -0.2) is 34.7 Å². The molecule has 0 spiro atoms. The van der Waals surface area contributed by atoms with E-state index in [1.807, 2.05) is 72.8 Å². The molecular formula is C30H25BrN2O4S. The fourth-order valence-electron chi connectivity index (χ4n) is 3.70. The van der Waals surface area contributed by atoms with Gasteiger partial charge in [-0.05, 0) is 58.3 Å². The van der Waals surface area contributed by atoms with Gasteiger partial charge in [-0.2, -0.15) is 11.8 Å². The summed E-state index contributed by atoms with van der Waals surface area (Å²) in [7, 11) is 0. The van der Waals surface area contributed by atoms with E-state index in [-0.39, 0.29) is 11.4 Å². The van der Waals surface area contributed by atoms with Gasteiger partial charge in [0.15, 0.2) is 0 Å². The van der Waals surface area contributed by atoms with E-state index in [0.717, 1.165) is 20.8 Å². The van der Waals surface area contributed by atoms with Crippen molar-refractivity contribution in [1.29, 1.82) is 0 Å². The molecule has 0 aliphatic carbocycles. The molecule has 0 saturated carbocycles. The molecular weight excluding hydrogens is 564 g/mol. The molecule has 8 heteroatoms. The smallest absolute Gasteiger partial charge is 0.327 e. The Balaban J connectivity index is 1.55. The van der Waals surface area contributed by atoms with E-state index in [2.05, 4.69) is 26.6 Å². The lowest BCUT2D eigenvalue weighted by molar-refractivity contribution is -0.140. The number of thioether (sulfide) groups is 1. The Kier molecular flexibility index (Phi) is 9.35. The van der Waals surface area contributed by atoms with Crippen molar-refractivity contribution in [2.75, 3.05) is 5.75 Å². The molecule has 1 unspecified atom stereocenters. The number of carbonyl (C=O) groups excluding carboxylic acids is 2. The van der Waals surface area contributed by atoms with Crippen LogP contribution in [0.3, 0.4) is 0 Å². The van der Waals surface area contributed by atoms with Crippen LogP contribution < -0.4 is 10.6 Å². The fraction of sp³-hybridized carbons (Fsp3) is 0.100. The van der Waals surface area contributed by atoms with E-state index in [4.69, 9.17) is 0 Å². The third-order valence-electron chi connectivity index (χ3n) is 5.68. The highest BCUT2D eigenvalue weighted by Crippen LogP contribution is 2.18. The molecule has 4 aromatic carbocycles. The molecule has 0 saturated heterocycles. The van der Waals surface area contributed by atoms with Gasteiger partial charge in [0, 0.05) is 21.5 Å². The third kappa shape index (κ3) is 7.57. The van der Waals surface area contributed by atoms with Gasteiger partial charge in [-0.1, -0.05) is 82.7 Å². The van der Waals surface area contributed by atoms with Gasteiger partial charge in [-0.15, -0.1) is 0 Å². The summed E-state index contributed by atoms with van der Waals surface area (Å²) in [5.74, 6) is -1.54. The number of benzene rings is 4. The van der Waals surface area contributed by atoms with E-state index in [9.17, 15) is 19.5 Å². The first-order valence-electron chi connectivity index (χ1n) is 11.8. The number of aliphatic carboxylic acids is 1. The summed E-state index contributed by atoms with van der Waals surface area (Å²) in [5.41, 5.74) is 2.06. The first-order valence-corrected chi connectivity index (χ1v) is 13.8. The Morgan fingerprint density at radius 2 is 1.55 bits per heavy atom. The van der Waals surface area contributed by atoms with Crippen LogP contribution >= 0.6 is 27.7 Å². The SMILES string of the molecule is O=C(NC(CSCc1ccccc1)C(=O)O)C(=Cc1ccc2ccccc2c1)NC(=O)c1ccc(Br)cc1. The second kappa shape index (κ2) is 13.1. The summed E-state index contributed by atoms with van der Waals surface area (Å²) in [4.78, 5) is 38.2. The van der Waals surface area contributed by atoms with E-state index < -0.39 is 23.8 Å². The second-order valence-electron chi connectivity index (χ2n) is 8.49. The summed E-state index contributed by atoms with van der Waals surface area (Å²) >= 11 is 4.75. The van der Waals surface area contributed by atoms with Crippen LogP contribution in [0.15, 0.2) is 107 Å². The molecule has 0 fully saturated rings. The summed E-state index contributed by atoms with van der Waals surface area (Å²) in [6.07, 6.45) is 1.55. The molecule has 0 aliphatic heterocycles. The molecule has 0 heterocycles. The maximum atomic E-state index is 13.3. The Bertz CT molecular complexity index is 1470. The second-order valence-corrected chi connectivity index (χ2v) is 10.4. The van der Waals surface area contributed by atoms with Gasteiger partial charge < -0.3 is 15.7 Å². The van der Waals surface area contributed by atoms with Gasteiger partial charge >= 0.3 is 5.97 Å². The van der Waals surface area contributed by atoms with Crippen molar-refractivity contribution in [3.8, 4) is 0 Å².